The van der Waals surface area contributed by atoms with Gasteiger partial charge in [-0.05, 0) is 56.3 Å². The highest BCUT2D eigenvalue weighted by molar-refractivity contribution is 7.18. The summed E-state index contributed by atoms with van der Waals surface area (Å²) in [7, 11) is 0. The topological polar surface area (TPSA) is 54.0 Å². The number of nitrogens with one attached hydrogen (secondary N) is 2. The normalized spacial score (nSPS) is 17.3. The average Bonchev–Trinajstić information content (AvgIpc) is 2.96. The van der Waals surface area contributed by atoms with Crippen molar-refractivity contribution >= 4 is 27.5 Å². The summed E-state index contributed by atoms with van der Waals surface area (Å²) in [6.45, 7) is 5.19. The van der Waals surface area contributed by atoms with Gasteiger partial charge in [0.2, 0.25) is 5.91 Å². The third-order valence-electron chi connectivity index (χ3n) is 4.66. The Bertz CT molecular complexity index is 628. The van der Waals surface area contributed by atoms with Crippen LogP contribution in [0.1, 0.15) is 37.6 Å². The van der Waals surface area contributed by atoms with Crippen molar-refractivity contribution in [2.75, 3.05) is 19.6 Å². The van der Waals surface area contributed by atoms with Crippen LogP contribution in [0.25, 0.3) is 10.2 Å². The molecule has 1 aliphatic rings. The number of hydrogen-bond donors (Lipinski definition) is 2. The molecule has 1 fully saturated rings. The Morgan fingerprint density at radius 1 is 1.35 bits per heavy atom. The maximum absolute atomic E-state index is 12.0. The standard InChI is InChI=1S/C18H25N3OS/c1-18(9-11-19-12-10-18)13-20-16(22)7-4-8-17-21-14-5-2-3-6-15(14)23-17/h2-3,5-6,19H,4,7-13H2,1H3,(H,20,22). The van der Waals surface area contributed by atoms with Crippen molar-refractivity contribution in [2.24, 2.45) is 5.41 Å². The molecule has 2 heterocycles. The lowest BCUT2D eigenvalue weighted by molar-refractivity contribution is -0.121. The number of hydrogen-bond acceptors (Lipinski definition) is 4. The number of carbonyl (C=O) groups is 1. The van der Waals surface area contributed by atoms with Gasteiger partial charge in [0.25, 0.3) is 0 Å². The zero-order valence-electron chi connectivity index (χ0n) is 13.7. The number of nitrogens with zero attached hydrogens (tertiary/aromatic N) is 1. The molecular weight excluding hydrogens is 306 g/mol. The lowest BCUT2D eigenvalue weighted by Gasteiger charge is -2.34. The molecule has 2 aromatic rings. The quantitative estimate of drug-likeness (QED) is 0.855. The van der Waals surface area contributed by atoms with Crippen LogP contribution in [-0.2, 0) is 11.2 Å². The summed E-state index contributed by atoms with van der Waals surface area (Å²) in [6.07, 6.45) is 4.61. The van der Waals surface area contributed by atoms with E-state index < -0.39 is 0 Å². The van der Waals surface area contributed by atoms with Crippen LogP contribution < -0.4 is 10.6 Å². The van der Waals surface area contributed by atoms with E-state index in [-0.39, 0.29) is 11.3 Å². The first-order valence-corrected chi connectivity index (χ1v) is 9.28. The molecule has 1 aromatic carbocycles. The summed E-state index contributed by atoms with van der Waals surface area (Å²) in [5, 5.41) is 7.62. The van der Waals surface area contributed by atoms with Gasteiger partial charge in [0, 0.05) is 13.0 Å². The second-order valence-electron chi connectivity index (χ2n) is 6.77. The SMILES string of the molecule is CC1(CNC(=O)CCCc2nc3ccccc3s2)CCNCC1. The summed E-state index contributed by atoms with van der Waals surface area (Å²) >= 11 is 1.73. The fraction of sp³-hybridized carbons (Fsp3) is 0.556. The van der Waals surface area contributed by atoms with Crippen molar-refractivity contribution in [2.45, 2.75) is 39.0 Å². The second kappa shape index (κ2) is 7.41. The third kappa shape index (κ3) is 4.52. The first kappa shape index (κ1) is 16.4. The molecule has 0 bridgehead atoms. The largest absolute Gasteiger partial charge is 0.356 e. The van der Waals surface area contributed by atoms with Gasteiger partial charge in [-0.15, -0.1) is 11.3 Å². The highest BCUT2D eigenvalue weighted by atomic mass is 32.1. The number of amides is 1. The molecule has 1 aromatic heterocycles. The van der Waals surface area contributed by atoms with E-state index in [0.717, 1.165) is 55.8 Å². The maximum Gasteiger partial charge on any atom is 0.220 e. The van der Waals surface area contributed by atoms with Gasteiger partial charge in [-0.1, -0.05) is 19.1 Å². The van der Waals surface area contributed by atoms with Crippen LogP contribution in [0.5, 0.6) is 0 Å². The van der Waals surface area contributed by atoms with Crippen LogP contribution in [0.2, 0.25) is 0 Å². The molecule has 124 valence electrons. The first-order valence-electron chi connectivity index (χ1n) is 8.47. The van der Waals surface area contributed by atoms with Gasteiger partial charge < -0.3 is 10.6 Å². The molecule has 4 nitrogen and oxygen atoms in total. The summed E-state index contributed by atoms with van der Waals surface area (Å²) in [5.74, 6) is 0.172. The molecule has 1 saturated heterocycles. The van der Waals surface area contributed by atoms with E-state index >= 15 is 0 Å². The molecule has 0 unspecified atom stereocenters. The Balaban J connectivity index is 1.40. The van der Waals surface area contributed by atoms with E-state index in [1.807, 2.05) is 18.2 Å². The van der Waals surface area contributed by atoms with Crippen LogP contribution in [0, 0.1) is 5.41 Å². The summed E-state index contributed by atoms with van der Waals surface area (Å²) in [4.78, 5) is 16.7. The third-order valence-corrected chi connectivity index (χ3v) is 5.75. The Kier molecular flexibility index (Phi) is 5.28. The van der Waals surface area contributed by atoms with E-state index in [2.05, 4.69) is 28.6 Å². The van der Waals surface area contributed by atoms with E-state index in [0.29, 0.717) is 6.42 Å². The molecule has 0 saturated carbocycles. The number of aryl methyl sites for hydroxylation is 1. The van der Waals surface area contributed by atoms with Gasteiger partial charge in [-0.2, -0.15) is 0 Å². The van der Waals surface area contributed by atoms with Crippen LogP contribution in [0.4, 0.5) is 0 Å². The zero-order chi connectivity index (χ0) is 16.1. The van der Waals surface area contributed by atoms with Gasteiger partial charge in [-0.25, -0.2) is 4.98 Å². The highest BCUT2D eigenvalue weighted by Gasteiger charge is 2.26. The highest BCUT2D eigenvalue weighted by Crippen LogP contribution is 2.26. The Hall–Kier alpha value is -1.46. The van der Waals surface area contributed by atoms with Crippen LogP contribution in [-0.4, -0.2) is 30.5 Å². The molecular formula is C18H25N3OS. The fourth-order valence-corrected chi connectivity index (χ4v) is 4.04. The van der Waals surface area contributed by atoms with Crippen LogP contribution in [0.3, 0.4) is 0 Å². The van der Waals surface area contributed by atoms with E-state index in [4.69, 9.17) is 0 Å². The van der Waals surface area contributed by atoms with Gasteiger partial charge in [0.05, 0.1) is 15.2 Å². The summed E-state index contributed by atoms with van der Waals surface area (Å²) in [6, 6.07) is 8.20. The van der Waals surface area contributed by atoms with Crippen molar-refractivity contribution in [1.82, 2.24) is 15.6 Å². The van der Waals surface area contributed by atoms with Gasteiger partial charge in [0.15, 0.2) is 0 Å². The minimum absolute atomic E-state index is 0.172. The summed E-state index contributed by atoms with van der Waals surface area (Å²) < 4.78 is 1.23. The lowest BCUT2D eigenvalue weighted by atomic mass is 9.81. The number of benzene rings is 1. The minimum Gasteiger partial charge on any atom is -0.356 e. The number of thiazole rings is 1. The molecule has 3 rings (SSSR count). The second-order valence-corrected chi connectivity index (χ2v) is 7.88. The van der Waals surface area contributed by atoms with E-state index in [1.54, 1.807) is 11.3 Å². The molecule has 0 spiro atoms. The van der Waals surface area contributed by atoms with Crippen LogP contribution in [0.15, 0.2) is 24.3 Å². The molecule has 23 heavy (non-hydrogen) atoms. The van der Waals surface area contributed by atoms with Gasteiger partial charge in [-0.3, -0.25) is 4.79 Å². The number of fused-ring (bicyclic) bond motifs is 1. The lowest BCUT2D eigenvalue weighted by Crippen LogP contribution is -2.42. The number of rotatable bonds is 6. The van der Waals surface area contributed by atoms with Crippen LogP contribution >= 0.6 is 11.3 Å². The summed E-state index contributed by atoms with van der Waals surface area (Å²) in [5.41, 5.74) is 1.32. The Morgan fingerprint density at radius 2 is 2.13 bits per heavy atom. The van der Waals surface area contributed by atoms with Crippen molar-refractivity contribution in [3.63, 3.8) is 0 Å². The minimum atomic E-state index is 0.172. The first-order chi connectivity index (χ1) is 11.1. The average molecular weight is 331 g/mol. The molecule has 0 aliphatic carbocycles. The predicted octanol–water partition coefficient (Wildman–Crippen LogP) is 3.12. The van der Waals surface area contributed by atoms with E-state index in [9.17, 15) is 4.79 Å². The maximum atomic E-state index is 12.0. The number of carbonyl (C=O) groups excluding carboxylic acids is 1. The Labute approximate surface area is 141 Å². The van der Waals surface area contributed by atoms with Gasteiger partial charge >= 0.3 is 0 Å². The molecule has 5 heteroatoms. The van der Waals surface area contributed by atoms with Crippen molar-refractivity contribution in [1.29, 1.82) is 0 Å². The molecule has 0 radical (unpaired) electrons. The molecule has 1 amide bonds. The monoisotopic (exact) mass is 331 g/mol. The molecule has 2 N–H and O–H groups in total. The number of aromatic nitrogens is 1. The molecule has 0 atom stereocenters. The predicted molar refractivity (Wildman–Crippen MR) is 95.8 cm³/mol. The fourth-order valence-electron chi connectivity index (χ4n) is 3.03. The van der Waals surface area contributed by atoms with Gasteiger partial charge in [0.1, 0.15) is 0 Å². The van der Waals surface area contributed by atoms with Crippen molar-refractivity contribution in [3.05, 3.63) is 29.3 Å². The number of piperidine rings is 1. The van der Waals surface area contributed by atoms with E-state index in [1.165, 1.54) is 4.70 Å². The van der Waals surface area contributed by atoms with Crippen molar-refractivity contribution < 1.29 is 4.79 Å². The molecule has 1 aliphatic heterocycles. The zero-order valence-corrected chi connectivity index (χ0v) is 14.5. The van der Waals surface area contributed by atoms with Crippen molar-refractivity contribution in [3.8, 4) is 0 Å². The number of para-hydroxylation sites is 1. The Morgan fingerprint density at radius 3 is 2.91 bits per heavy atom. The smallest absolute Gasteiger partial charge is 0.220 e.